The average Bonchev–Trinajstić information content (AvgIpc) is 2.77. The minimum atomic E-state index is 0.914. The molecular weight excluding hydrogens is 208 g/mol. The summed E-state index contributed by atoms with van der Waals surface area (Å²) in [5.74, 6) is 0. The van der Waals surface area contributed by atoms with Gasteiger partial charge >= 0.3 is 0 Å². The summed E-state index contributed by atoms with van der Waals surface area (Å²) in [6.45, 7) is 7.53. The summed E-state index contributed by atoms with van der Waals surface area (Å²) >= 11 is 0. The molecule has 0 atom stereocenters. The van der Waals surface area contributed by atoms with Gasteiger partial charge in [0.05, 0.1) is 11.2 Å². The topological polar surface area (TPSA) is 28.7 Å². The molecule has 0 radical (unpaired) electrons. The van der Waals surface area contributed by atoms with Gasteiger partial charge < -0.3 is 0 Å². The summed E-state index contributed by atoms with van der Waals surface area (Å²) in [5.41, 5.74) is 2.88. The van der Waals surface area contributed by atoms with E-state index in [0.717, 1.165) is 22.2 Å². The smallest absolute Gasteiger partial charge is 0.0927 e. The molecule has 1 aromatic heterocycles. The zero-order valence-electron chi connectivity index (χ0n) is 9.56. The number of benzene rings is 1. The van der Waals surface area contributed by atoms with Crippen molar-refractivity contribution in [2.45, 2.75) is 0 Å². The van der Waals surface area contributed by atoms with Gasteiger partial charge in [-0.2, -0.15) is 5.10 Å². The lowest BCUT2D eigenvalue weighted by molar-refractivity contribution is 1.11. The number of hydrogen-bond acceptors (Lipinski definition) is 1. The number of aromatic amines is 1. The fraction of sp³-hybridized carbons (Fsp3) is 0. The maximum Gasteiger partial charge on any atom is 0.0927 e. The van der Waals surface area contributed by atoms with Crippen LogP contribution in [0.1, 0.15) is 5.69 Å². The van der Waals surface area contributed by atoms with Crippen LogP contribution < -0.4 is 0 Å². The van der Waals surface area contributed by atoms with Gasteiger partial charge in [0, 0.05) is 5.39 Å². The minimum absolute atomic E-state index is 0.914. The van der Waals surface area contributed by atoms with Gasteiger partial charge in [0.25, 0.3) is 0 Å². The summed E-state index contributed by atoms with van der Waals surface area (Å²) < 4.78 is 0. The zero-order chi connectivity index (χ0) is 12.1. The summed E-state index contributed by atoms with van der Waals surface area (Å²) in [6.07, 6.45) is 9.37. The zero-order valence-corrected chi connectivity index (χ0v) is 9.56. The van der Waals surface area contributed by atoms with E-state index in [1.54, 1.807) is 6.08 Å². The van der Waals surface area contributed by atoms with Crippen molar-refractivity contribution in [1.82, 2.24) is 10.2 Å². The van der Waals surface area contributed by atoms with E-state index in [-0.39, 0.29) is 0 Å². The number of allylic oxidation sites excluding steroid dienone is 5. The van der Waals surface area contributed by atoms with Gasteiger partial charge in [0.2, 0.25) is 0 Å². The Labute approximate surface area is 101 Å². The summed E-state index contributed by atoms with van der Waals surface area (Å²) in [7, 11) is 0. The highest BCUT2D eigenvalue weighted by atomic mass is 15.1. The second-order valence-corrected chi connectivity index (χ2v) is 3.66. The molecule has 0 amide bonds. The number of fused-ring (bicyclic) bond motifs is 1. The van der Waals surface area contributed by atoms with E-state index in [9.17, 15) is 0 Å². The molecule has 0 saturated heterocycles. The molecule has 1 aromatic carbocycles. The van der Waals surface area contributed by atoms with E-state index in [0.29, 0.717) is 0 Å². The summed E-state index contributed by atoms with van der Waals surface area (Å²) in [6, 6.07) is 8.04. The third kappa shape index (κ3) is 2.61. The highest BCUT2D eigenvalue weighted by Crippen LogP contribution is 2.16. The molecule has 0 aliphatic rings. The second kappa shape index (κ2) is 5.12. The molecule has 0 aliphatic heterocycles. The van der Waals surface area contributed by atoms with Gasteiger partial charge in [-0.05, 0) is 17.7 Å². The molecule has 0 saturated carbocycles. The lowest BCUT2D eigenvalue weighted by Crippen LogP contribution is -1.73. The summed E-state index contributed by atoms with van der Waals surface area (Å²) in [4.78, 5) is 0. The van der Waals surface area contributed by atoms with E-state index < -0.39 is 0 Å². The molecule has 84 valence electrons. The Morgan fingerprint density at radius 2 is 2.06 bits per heavy atom. The van der Waals surface area contributed by atoms with Crippen molar-refractivity contribution in [2.24, 2.45) is 0 Å². The van der Waals surface area contributed by atoms with Crippen molar-refractivity contribution in [1.29, 1.82) is 0 Å². The van der Waals surface area contributed by atoms with Crippen LogP contribution in [0, 0.1) is 0 Å². The lowest BCUT2D eigenvalue weighted by Gasteiger charge is -1.90. The van der Waals surface area contributed by atoms with E-state index >= 15 is 0 Å². The van der Waals surface area contributed by atoms with Crippen molar-refractivity contribution >= 4 is 17.0 Å². The van der Waals surface area contributed by atoms with Gasteiger partial charge in [-0.1, -0.05) is 55.7 Å². The molecule has 2 heteroatoms. The van der Waals surface area contributed by atoms with Crippen LogP contribution in [0.3, 0.4) is 0 Å². The van der Waals surface area contributed by atoms with Crippen LogP contribution in [0.25, 0.3) is 17.0 Å². The fourth-order valence-electron chi connectivity index (χ4n) is 1.54. The number of aromatic nitrogens is 2. The van der Waals surface area contributed by atoms with Crippen molar-refractivity contribution in [3.8, 4) is 0 Å². The van der Waals surface area contributed by atoms with Gasteiger partial charge in [0.1, 0.15) is 0 Å². The van der Waals surface area contributed by atoms with Gasteiger partial charge in [-0.15, -0.1) is 0 Å². The van der Waals surface area contributed by atoms with Crippen LogP contribution >= 0.6 is 0 Å². The predicted octanol–water partition coefficient (Wildman–Crippen LogP) is 3.87. The standard InChI is InChI=1S/C15H14N2/c1-3-4-7-12(2)10-11-15-13-8-5-6-9-14(13)16-17-15/h3-11H,1-2H2,(H,16,17)/b7-4-,11-10+. The third-order valence-corrected chi connectivity index (χ3v) is 2.40. The van der Waals surface area contributed by atoms with E-state index in [4.69, 9.17) is 0 Å². The quantitative estimate of drug-likeness (QED) is 0.781. The number of nitrogens with one attached hydrogen (secondary N) is 1. The number of H-pyrrole nitrogens is 1. The molecular formula is C15H14N2. The molecule has 0 aliphatic carbocycles. The van der Waals surface area contributed by atoms with E-state index in [1.165, 1.54) is 0 Å². The first-order valence-corrected chi connectivity index (χ1v) is 5.40. The van der Waals surface area contributed by atoms with Crippen molar-refractivity contribution < 1.29 is 0 Å². The molecule has 1 heterocycles. The average molecular weight is 222 g/mol. The Morgan fingerprint density at radius 3 is 2.88 bits per heavy atom. The van der Waals surface area contributed by atoms with Crippen molar-refractivity contribution in [3.63, 3.8) is 0 Å². The normalized spacial score (nSPS) is 11.5. The van der Waals surface area contributed by atoms with Crippen LogP contribution in [0.5, 0.6) is 0 Å². The molecule has 2 aromatic rings. The first-order chi connectivity index (χ1) is 8.31. The van der Waals surface area contributed by atoms with Crippen LogP contribution in [0.15, 0.2) is 67.3 Å². The van der Waals surface area contributed by atoms with Crippen molar-refractivity contribution in [3.05, 3.63) is 73.0 Å². The van der Waals surface area contributed by atoms with Crippen LogP contribution in [0.4, 0.5) is 0 Å². The number of hydrogen-bond donors (Lipinski definition) is 1. The first-order valence-electron chi connectivity index (χ1n) is 5.40. The minimum Gasteiger partial charge on any atom is -0.277 e. The lowest BCUT2D eigenvalue weighted by atomic mass is 10.2. The van der Waals surface area contributed by atoms with E-state index in [1.807, 2.05) is 48.6 Å². The Balaban J connectivity index is 2.24. The SMILES string of the molecule is C=C/C=C\C(=C)/C=C/c1n[nH]c2ccccc12. The van der Waals surface area contributed by atoms with Gasteiger partial charge in [-0.25, -0.2) is 0 Å². The molecule has 2 nitrogen and oxygen atoms in total. The Kier molecular flexibility index (Phi) is 3.36. The monoisotopic (exact) mass is 222 g/mol. The number of para-hydroxylation sites is 1. The third-order valence-electron chi connectivity index (χ3n) is 2.40. The molecule has 0 unspecified atom stereocenters. The highest BCUT2D eigenvalue weighted by molar-refractivity contribution is 5.86. The Morgan fingerprint density at radius 1 is 1.24 bits per heavy atom. The van der Waals surface area contributed by atoms with E-state index in [2.05, 4.69) is 23.4 Å². The Hall–Kier alpha value is -2.35. The molecule has 0 bridgehead atoms. The molecule has 2 rings (SSSR count). The molecule has 0 spiro atoms. The van der Waals surface area contributed by atoms with Crippen molar-refractivity contribution in [2.75, 3.05) is 0 Å². The highest BCUT2D eigenvalue weighted by Gasteiger charge is 1.99. The van der Waals surface area contributed by atoms with Crippen LogP contribution in [0.2, 0.25) is 0 Å². The maximum absolute atomic E-state index is 4.25. The Bertz CT molecular complexity index is 600. The maximum atomic E-state index is 4.25. The largest absolute Gasteiger partial charge is 0.277 e. The molecule has 17 heavy (non-hydrogen) atoms. The second-order valence-electron chi connectivity index (χ2n) is 3.66. The van der Waals surface area contributed by atoms with Gasteiger partial charge in [0.15, 0.2) is 0 Å². The van der Waals surface area contributed by atoms with Crippen LogP contribution in [-0.4, -0.2) is 10.2 Å². The number of nitrogens with zero attached hydrogens (tertiary/aromatic N) is 1. The first kappa shape index (κ1) is 11.1. The predicted molar refractivity (Wildman–Crippen MR) is 73.6 cm³/mol. The fourth-order valence-corrected chi connectivity index (χ4v) is 1.54. The molecule has 0 fully saturated rings. The molecule has 1 N–H and O–H groups in total. The van der Waals surface area contributed by atoms with Crippen LogP contribution in [-0.2, 0) is 0 Å². The summed E-state index contributed by atoms with van der Waals surface area (Å²) in [5, 5.41) is 8.36. The van der Waals surface area contributed by atoms with Gasteiger partial charge in [-0.3, -0.25) is 5.10 Å². The number of rotatable bonds is 4.